The molecule has 160 valence electrons. The van der Waals surface area contributed by atoms with Crippen LogP contribution in [0.25, 0.3) is 27.9 Å². The van der Waals surface area contributed by atoms with E-state index in [0.717, 1.165) is 25.7 Å². The molecule has 2 N–H and O–H groups in total. The average Bonchev–Trinajstić information content (AvgIpc) is 3.06. The third-order valence-electron chi connectivity index (χ3n) is 5.27. The van der Waals surface area contributed by atoms with Crippen molar-refractivity contribution in [2.24, 2.45) is 0 Å². The van der Waals surface area contributed by atoms with Crippen LogP contribution >= 0.6 is 0 Å². The first kappa shape index (κ1) is 20.8. The lowest BCUT2D eigenvalue weighted by molar-refractivity contribution is 0.0501. The van der Waals surface area contributed by atoms with Gasteiger partial charge in [0.1, 0.15) is 22.7 Å². The van der Waals surface area contributed by atoms with Gasteiger partial charge in [-0.15, -0.1) is 0 Å². The van der Waals surface area contributed by atoms with Gasteiger partial charge in [-0.1, -0.05) is 44.7 Å². The van der Waals surface area contributed by atoms with Crippen molar-refractivity contribution in [3.05, 3.63) is 59.9 Å². The molecular weight excluding hydrogens is 395 g/mol. The van der Waals surface area contributed by atoms with Crippen LogP contribution in [0.1, 0.15) is 49.4 Å². The number of ether oxygens (including phenoxy) is 1. The monoisotopic (exact) mass is 420 g/mol. The third-order valence-corrected chi connectivity index (χ3v) is 5.27. The lowest BCUT2D eigenvalue weighted by Crippen LogP contribution is -2.10. The van der Waals surface area contributed by atoms with Gasteiger partial charge in [-0.3, -0.25) is 4.57 Å². The first-order valence-electron chi connectivity index (χ1n) is 10.6. The minimum absolute atomic E-state index is 0.174. The zero-order valence-corrected chi connectivity index (χ0v) is 17.5. The van der Waals surface area contributed by atoms with E-state index in [1.807, 2.05) is 24.3 Å². The predicted molar refractivity (Wildman–Crippen MR) is 120 cm³/mol. The maximum atomic E-state index is 13.5. The number of nitrogen functional groups attached to an aromatic ring is 1. The summed E-state index contributed by atoms with van der Waals surface area (Å²) in [6, 6.07) is 13.2. The number of hydrogen-bond acceptors (Lipinski definition) is 5. The Morgan fingerprint density at radius 3 is 2.39 bits per heavy atom. The largest absolute Gasteiger partial charge is 0.462 e. The van der Waals surface area contributed by atoms with Crippen LogP contribution in [0.5, 0.6) is 0 Å². The van der Waals surface area contributed by atoms with Crippen molar-refractivity contribution in [3.8, 4) is 5.69 Å². The van der Waals surface area contributed by atoms with Crippen LogP contribution in [0.15, 0.2) is 48.5 Å². The van der Waals surface area contributed by atoms with Crippen LogP contribution < -0.4 is 5.73 Å². The molecule has 0 saturated heterocycles. The van der Waals surface area contributed by atoms with E-state index < -0.39 is 5.97 Å². The standard InChI is InChI=1S/C24H25FN4O2/c1-2-3-4-5-8-15-31-24(30)20-21-23(28-19-10-7-6-9-18(19)27-21)29(22(20)26)17-13-11-16(25)12-14-17/h6-7,9-14H,2-5,8,15,26H2,1H3. The number of hydrogen-bond donors (Lipinski definition) is 1. The molecule has 0 radical (unpaired) electrons. The van der Waals surface area contributed by atoms with Crippen molar-refractivity contribution in [1.29, 1.82) is 0 Å². The summed E-state index contributed by atoms with van der Waals surface area (Å²) in [7, 11) is 0. The molecule has 0 atom stereocenters. The number of anilines is 1. The van der Waals surface area contributed by atoms with E-state index in [0.29, 0.717) is 34.5 Å². The molecule has 2 aromatic carbocycles. The van der Waals surface area contributed by atoms with Crippen LogP contribution in [0.3, 0.4) is 0 Å². The van der Waals surface area contributed by atoms with Gasteiger partial charge >= 0.3 is 5.97 Å². The fourth-order valence-corrected chi connectivity index (χ4v) is 3.66. The molecule has 4 aromatic rings. The molecule has 0 bridgehead atoms. The molecule has 4 rings (SSSR count). The maximum absolute atomic E-state index is 13.5. The lowest BCUT2D eigenvalue weighted by Gasteiger charge is -2.08. The van der Waals surface area contributed by atoms with Gasteiger partial charge < -0.3 is 10.5 Å². The van der Waals surface area contributed by atoms with Crippen molar-refractivity contribution in [3.63, 3.8) is 0 Å². The highest BCUT2D eigenvalue weighted by Gasteiger charge is 2.25. The highest BCUT2D eigenvalue weighted by molar-refractivity contribution is 6.09. The van der Waals surface area contributed by atoms with Crippen LogP contribution in [-0.2, 0) is 4.74 Å². The lowest BCUT2D eigenvalue weighted by atomic mass is 10.2. The Hall–Kier alpha value is -3.48. The molecule has 7 heteroatoms. The van der Waals surface area contributed by atoms with E-state index in [2.05, 4.69) is 16.9 Å². The molecule has 0 saturated carbocycles. The van der Waals surface area contributed by atoms with E-state index in [1.54, 1.807) is 16.7 Å². The maximum Gasteiger partial charge on any atom is 0.344 e. The second-order valence-corrected chi connectivity index (χ2v) is 7.51. The number of benzene rings is 2. The summed E-state index contributed by atoms with van der Waals surface area (Å²) in [5.41, 5.74) is 9.31. The van der Waals surface area contributed by atoms with Gasteiger partial charge in [0.25, 0.3) is 0 Å². The van der Waals surface area contributed by atoms with Gasteiger partial charge in [-0.25, -0.2) is 19.2 Å². The molecule has 2 heterocycles. The van der Waals surface area contributed by atoms with Crippen molar-refractivity contribution < 1.29 is 13.9 Å². The van der Waals surface area contributed by atoms with Crippen LogP contribution in [0.4, 0.5) is 10.2 Å². The summed E-state index contributed by atoms with van der Waals surface area (Å²) >= 11 is 0. The second kappa shape index (κ2) is 9.12. The Labute approximate surface area is 179 Å². The molecule has 0 unspecified atom stereocenters. The number of para-hydroxylation sites is 2. The molecule has 0 amide bonds. The summed E-state index contributed by atoms with van der Waals surface area (Å²) in [6.45, 7) is 2.48. The number of halogens is 1. The third kappa shape index (κ3) is 4.21. The van der Waals surface area contributed by atoms with Crippen LogP contribution in [-0.4, -0.2) is 27.1 Å². The molecule has 0 fully saturated rings. The minimum atomic E-state index is -0.525. The van der Waals surface area contributed by atoms with Gasteiger partial charge in [-0.05, 0) is 42.8 Å². The fraction of sp³-hybridized carbons (Fsp3) is 0.292. The van der Waals surface area contributed by atoms with E-state index in [4.69, 9.17) is 10.5 Å². The van der Waals surface area contributed by atoms with Crippen LogP contribution in [0, 0.1) is 5.82 Å². The Bertz CT molecular complexity index is 1220. The normalized spacial score (nSPS) is 11.3. The highest BCUT2D eigenvalue weighted by atomic mass is 19.1. The highest BCUT2D eigenvalue weighted by Crippen LogP contribution is 2.31. The number of esters is 1. The number of aromatic nitrogens is 3. The quantitative estimate of drug-likeness (QED) is 0.304. The smallest absolute Gasteiger partial charge is 0.344 e. The van der Waals surface area contributed by atoms with Gasteiger partial charge in [0.05, 0.1) is 17.6 Å². The fourth-order valence-electron chi connectivity index (χ4n) is 3.66. The summed E-state index contributed by atoms with van der Waals surface area (Å²) in [5.74, 6) is -0.714. The van der Waals surface area contributed by atoms with E-state index in [-0.39, 0.29) is 17.2 Å². The van der Waals surface area contributed by atoms with Gasteiger partial charge in [-0.2, -0.15) is 0 Å². The van der Waals surface area contributed by atoms with Gasteiger partial charge in [0.15, 0.2) is 5.65 Å². The Morgan fingerprint density at radius 2 is 1.68 bits per heavy atom. The van der Waals surface area contributed by atoms with Gasteiger partial charge in [0, 0.05) is 5.69 Å². The summed E-state index contributed by atoms with van der Waals surface area (Å²) in [5, 5.41) is 0. The zero-order chi connectivity index (χ0) is 21.8. The molecule has 31 heavy (non-hydrogen) atoms. The molecular formula is C24H25FN4O2. The number of unbranched alkanes of at least 4 members (excludes halogenated alkanes) is 4. The van der Waals surface area contributed by atoms with Crippen molar-refractivity contribution in [2.45, 2.75) is 39.0 Å². The SMILES string of the molecule is CCCCCCCOC(=O)c1c(N)n(-c2ccc(F)cc2)c2nc3ccccc3nc12. The van der Waals surface area contributed by atoms with E-state index in [9.17, 15) is 9.18 Å². The zero-order valence-electron chi connectivity index (χ0n) is 17.5. The van der Waals surface area contributed by atoms with E-state index in [1.165, 1.54) is 18.6 Å². The Balaban J connectivity index is 1.75. The van der Waals surface area contributed by atoms with Crippen molar-refractivity contribution >= 4 is 34.0 Å². The molecule has 0 aliphatic heterocycles. The van der Waals surface area contributed by atoms with E-state index >= 15 is 0 Å². The number of rotatable bonds is 8. The number of nitrogens with zero attached hydrogens (tertiary/aromatic N) is 3. The summed E-state index contributed by atoms with van der Waals surface area (Å²) in [4.78, 5) is 22.3. The second-order valence-electron chi connectivity index (χ2n) is 7.51. The van der Waals surface area contributed by atoms with Crippen molar-refractivity contribution in [2.75, 3.05) is 12.3 Å². The number of carbonyl (C=O) groups is 1. The molecule has 2 aromatic heterocycles. The summed E-state index contributed by atoms with van der Waals surface area (Å²) < 4.78 is 20.6. The minimum Gasteiger partial charge on any atom is -0.462 e. The Morgan fingerprint density at radius 1 is 1.00 bits per heavy atom. The molecule has 0 aliphatic rings. The van der Waals surface area contributed by atoms with Crippen LogP contribution in [0.2, 0.25) is 0 Å². The predicted octanol–water partition coefficient (Wildman–Crippen LogP) is 5.42. The number of fused-ring (bicyclic) bond motifs is 2. The first-order chi connectivity index (χ1) is 15.1. The molecule has 6 nitrogen and oxygen atoms in total. The topological polar surface area (TPSA) is 83.0 Å². The number of carbonyl (C=O) groups excluding carboxylic acids is 1. The van der Waals surface area contributed by atoms with Crippen molar-refractivity contribution in [1.82, 2.24) is 14.5 Å². The number of nitrogens with two attached hydrogens (primary N) is 1. The molecule has 0 spiro atoms. The molecule has 0 aliphatic carbocycles. The van der Waals surface area contributed by atoms with Gasteiger partial charge in [0.2, 0.25) is 0 Å². The summed E-state index contributed by atoms with van der Waals surface area (Å²) in [6.07, 6.45) is 5.27. The first-order valence-corrected chi connectivity index (χ1v) is 10.6. The Kier molecular flexibility index (Phi) is 6.11. The average molecular weight is 420 g/mol.